The Morgan fingerprint density at radius 3 is 2.41 bits per heavy atom. The molecule has 0 fully saturated rings. The molecule has 0 bridgehead atoms. The molecule has 1 aromatic heterocycles. The van der Waals surface area contributed by atoms with Gasteiger partial charge in [-0.25, -0.2) is 9.78 Å². The highest BCUT2D eigenvalue weighted by atomic mass is 32.1. The SMILES string of the molecule is Cc1ncsc1-c1ccc(COC(=O)N(C)C(C)(C)C)cc1. The van der Waals surface area contributed by atoms with Crippen LogP contribution in [0, 0.1) is 6.92 Å². The quantitative estimate of drug-likeness (QED) is 0.837. The Labute approximate surface area is 135 Å². The lowest BCUT2D eigenvalue weighted by Gasteiger charge is -2.30. The molecular formula is C17H22N2O2S. The number of thiazole rings is 1. The molecule has 0 N–H and O–H groups in total. The molecule has 1 heterocycles. The Hall–Kier alpha value is -1.88. The molecule has 2 aromatic rings. The molecule has 0 radical (unpaired) electrons. The van der Waals surface area contributed by atoms with Crippen LogP contribution in [-0.4, -0.2) is 28.6 Å². The molecule has 0 spiro atoms. The number of rotatable bonds is 3. The van der Waals surface area contributed by atoms with Gasteiger partial charge in [-0.05, 0) is 38.8 Å². The van der Waals surface area contributed by atoms with Crippen molar-refractivity contribution in [3.8, 4) is 10.4 Å². The second kappa shape index (κ2) is 6.48. The third kappa shape index (κ3) is 3.85. The Kier molecular flexibility index (Phi) is 4.86. The monoisotopic (exact) mass is 318 g/mol. The van der Waals surface area contributed by atoms with Crippen molar-refractivity contribution in [3.63, 3.8) is 0 Å². The Morgan fingerprint density at radius 1 is 1.27 bits per heavy atom. The smallest absolute Gasteiger partial charge is 0.410 e. The van der Waals surface area contributed by atoms with E-state index in [4.69, 9.17) is 4.74 Å². The summed E-state index contributed by atoms with van der Waals surface area (Å²) in [6.45, 7) is 8.20. The number of nitrogens with zero attached hydrogens (tertiary/aromatic N) is 2. The topological polar surface area (TPSA) is 42.4 Å². The molecule has 0 aliphatic rings. The first-order chi connectivity index (χ1) is 10.3. The zero-order valence-corrected chi connectivity index (χ0v) is 14.5. The molecule has 0 atom stereocenters. The number of aromatic nitrogens is 1. The summed E-state index contributed by atoms with van der Waals surface area (Å²) in [5.41, 5.74) is 4.76. The van der Waals surface area contributed by atoms with Crippen LogP contribution in [0.15, 0.2) is 29.8 Å². The fraction of sp³-hybridized carbons (Fsp3) is 0.412. The first-order valence-corrected chi connectivity index (χ1v) is 8.07. The molecular weight excluding hydrogens is 296 g/mol. The maximum Gasteiger partial charge on any atom is 0.410 e. The lowest BCUT2D eigenvalue weighted by atomic mass is 10.1. The molecule has 1 amide bonds. The van der Waals surface area contributed by atoms with Gasteiger partial charge in [0.05, 0.1) is 16.1 Å². The van der Waals surface area contributed by atoms with Gasteiger partial charge >= 0.3 is 6.09 Å². The fourth-order valence-corrected chi connectivity index (χ4v) is 2.66. The van der Waals surface area contributed by atoms with Gasteiger partial charge in [0.1, 0.15) is 6.61 Å². The van der Waals surface area contributed by atoms with Crippen LogP contribution in [-0.2, 0) is 11.3 Å². The fourth-order valence-electron chi connectivity index (χ4n) is 1.85. The molecule has 0 aliphatic heterocycles. The van der Waals surface area contributed by atoms with Crippen LogP contribution >= 0.6 is 11.3 Å². The van der Waals surface area contributed by atoms with Crippen LogP contribution in [0.4, 0.5) is 4.79 Å². The minimum atomic E-state index is -0.310. The normalized spacial score (nSPS) is 11.3. The predicted molar refractivity (Wildman–Crippen MR) is 90.0 cm³/mol. The first kappa shape index (κ1) is 16.5. The van der Waals surface area contributed by atoms with Crippen molar-refractivity contribution in [1.82, 2.24) is 9.88 Å². The van der Waals surface area contributed by atoms with Gasteiger partial charge in [-0.1, -0.05) is 24.3 Å². The Balaban J connectivity index is 1.98. The van der Waals surface area contributed by atoms with Crippen molar-refractivity contribution in [2.24, 2.45) is 0 Å². The second-order valence-corrected chi connectivity index (χ2v) is 7.10. The standard InChI is InChI=1S/C17H22N2O2S/c1-12-15(22-11-18-12)14-8-6-13(7-9-14)10-21-16(20)19(5)17(2,3)4/h6-9,11H,10H2,1-5H3. The molecule has 0 unspecified atom stereocenters. The van der Waals surface area contributed by atoms with Crippen molar-refractivity contribution in [1.29, 1.82) is 0 Å². The summed E-state index contributed by atoms with van der Waals surface area (Å²) in [6, 6.07) is 8.05. The van der Waals surface area contributed by atoms with Crippen molar-refractivity contribution >= 4 is 17.4 Å². The van der Waals surface area contributed by atoms with Crippen molar-refractivity contribution in [3.05, 3.63) is 41.0 Å². The van der Waals surface area contributed by atoms with Crippen molar-refractivity contribution in [2.45, 2.75) is 39.8 Å². The van der Waals surface area contributed by atoms with E-state index in [-0.39, 0.29) is 18.2 Å². The van der Waals surface area contributed by atoms with Gasteiger partial charge in [0.15, 0.2) is 0 Å². The van der Waals surface area contributed by atoms with E-state index in [9.17, 15) is 4.79 Å². The number of carbonyl (C=O) groups is 1. The molecule has 2 rings (SSSR count). The molecule has 118 valence electrons. The number of hydrogen-bond acceptors (Lipinski definition) is 4. The lowest BCUT2D eigenvalue weighted by molar-refractivity contribution is 0.0759. The highest BCUT2D eigenvalue weighted by Crippen LogP contribution is 2.27. The van der Waals surface area contributed by atoms with Gasteiger partial charge in [0.2, 0.25) is 0 Å². The van der Waals surface area contributed by atoms with E-state index in [2.05, 4.69) is 4.98 Å². The zero-order chi connectivity index (χ0) is 16.3. The number of amides is 1. The summed E-state index contributed by atoms with van der Waals surface area (Å²) in [4.78, 5) is 19.0. The Morgan fingerprint density at radius 2 is 1.91 bits per heavy atom. The maximum absolute atomic E-state index is 12.0. The number of benzene rings is 1. The minimum Gasteiger partial charge on any atom is -0.445 e. The van der Waals surface area contributed by atoms with E-state index in [1.165, 1.54) is 4.88 Å². The van der Waals surface area contributed by atoms with Crippen molar-refractivity contribution in [2.75, 3.05) is 7.05 Å². The number of carbonyl (C=O) groups excluding carboxylic acids is 1. The molecule has 1 aromatic carbocycles. The van der Waals surface area contributed by atoms with Crippen LogP contribution in [0.2, 0.25) is 0 Å². The van der Waals surface area contributed by atoms with E-state index < -0.39 is 0 Å². The summed E-state index contributed by atoms with van der Waals surface area (Å²) >= 11 is 1.63. The molecule has 0 saturated heterocycles. The van der Waals surface area contributed by atoms with Gasteiger partial charge in [-0.2, -0.15) is 0 Å². The molecule has 22 heavy (non-hydrogen) atoms. The highest BCUT2D eigenvalue weighted by molar-refractivity contribution is 7.13. The van der Waals surface area contributed by atoms with Crippen LogP contribution in [0.5, 0.6) is 0 Å². The van der Waals surface area contributed by atoms with Gasteiger partial charge < -0.3 is 9.64 Å². The average Bonchev–Trinajstić information content (AvgIpc) is 2.89. The van der Waals surface area contributed by atoms with Crippen LogP contribution < -0.4 is 0 Å². The molecule has 0 aliphatic carbocycles. The average molecular weight is 318 g/mol. The van der Waals surface area contributed by atoms with E-state index in [1.807, 2.05) is 57.5 Å². The summed E-state index contributed by atoms with van der Waals surface area (Å²) in [7, 11) is 1.75. The lowest BCUT2D eigenvalue weighted by Crippen LogP contribution is -2.42. The van der Waals surface area contributed by atoms with Gasteiger partial charge in [0.25, 0.3) is 0 Å². The van der Waals surface area contributed by atoms with E-state index in [1.54, 1.807) is 23.3 Å². The maximum atomic E-state index is 12.0. The van der Waals surface area contributed by atoms with Crippen LogP contribution in [0.1, 0.15) is 32.0 Å². The van der Waals surface area contributed by atoms with E-state index in [0.717, 1.165) is 16.8 Å². The molecule has 5 heteroatoms. The summed E-state index contributed by atoms with van der Waals surface area (Å²) in [6.07, 6.45) is -0.310. The summed E-state index contributed by atoms with van der Waals surface area (Å²) in [5, 5.41) is 0. The third-order valence-electron chi connectivity index (χ3n) is 3.60. The number of hydrogen-bond donors (Lipinski definition) is 0. The van der Waals surface area contributed by atoms with Crippen LogP contribution in [0.3, 0.4) is 0 Å². The highest BCUT2D eigenvalue weighted by Gasteiger charge is 2.23. The zero-order valence-electron chi connectivity index (χ0n) is 13.7. The molecule has 0 saturated carbocycles. The van der Waals surface area contributed by atoms with Crippen LogP contribution in [0.25, 0.3) is 10.4 Å². The van der Waals surface area contributed by atoms with Gasteiger partial charge in [-0.3, -0.25) is 0 Å². The largest absolute Gasteiger partial charge is 0.445 e. The third-order valence-corrected chi connectivity index (χ3v) is 4.58. The van der Waals surface area contributed by atoms with E-state index in [0.29, 0.717) is 0 Å². The van der Waals surface area contributed by atoms with Gasteiger partial charge in [-0.15, -0.1) is 11.3 Å². The predicted octanol–water partition coefficient (Wildman–Crippen LogP) is 4.49. The Bertz CT molecular complexity index is 641. The van der Waals surface area contributed by atoms with Gasteiger partial charge in [0, 0.05) is 12.6 Å². The minimum absolute atomic E-state index is 0.245. The second-order valence-electron chi connectivity index (χ2n) is 6.25. The summed E-state index contributed by atoms with van der Waals surface area (Å²) in [5.74, 6) is 0. The number of ether oxygens (including phenoxy) is 1. The molecule has 4 nitrogen and oxygen atoms in total. The number of aryl methyl sites for hydroxylation is 1. The van der Waals surface area contributed by atoms with E-state index >= 15 is 0 Å². The summed E-state index contributed by atoms with van der Waals surface area (Å²) < 4.78 is 5.35. The van der Waals surface area contributed by atoms with Crippen molar-refractivity contribution < 1.29 is 9.53 Å². The first-order valence-electron chi connectivity index (χ1n) is 7.19.